The molecule has 0 bridgehead atoms. The zero-order valence-electron chi connectivity index (χ0n) is 36.5. The fraction of sp³-hybridized carbons (Fsp3) is 0.184. The number of para-hydroxylation sites is 1. The van der Waals surface area contributed by atoms with Gasteiger partial charge < -0.3 is 14.8 Å². The Morgan fingerprint density at radius 2 is 1.68 bits per heavy atom. The molecule has 0 atom stereocenters. The van der Waals surface area contributed by atoms with Gasteiger partial charge in [0.25, 0.3) is 0 Å². The van der Waals surface area contributed by atoms with E-state index in [2.05, 4.69) is 53.5 Å². The van der Waals surface area contributed by atoms with Gasteiger partial charge in [-0.2, -0.15) is 6.21 Å². The van der Waals surface area contributed by atoms with Crippen LogP contribution in [0.3, 0.4) is 0 Å². The summed E-state index contributed by atoms with van der Waals surface area (Å²) in [4.78, 5) is 4.21. The number of rotatable bonds is 7. The van der Waals surface area contributed by atoms with Crippen LogP contribution in [-0.2, 0) is 20.1 Å². The van der Waals surface area contributed by atoms with Crippen molar-refractivity contribution in [2.45, 2.75) is 58.6 Å². The average molecular weight is 875 g/mol. The Morgan fingerprint density at radius 1 is 0.887 bits per heavy atom. The van der Waals surface area contributed by atoms with Gasteiger partial charge >= 0.3 is 20.1 Å². The van der Waals surface area contributed by atoms with E-state index < -0.39 is 19.6 Å². The van der Waals surface area contributed by atoms with Gasteiger partial charge in [0.05, 0.1) is 0 Å². The molecule has 0 aliphatic heterocycles. The number of nitrogens with zero attached hydrogens (tertiary/aromatic N) is 2. The van der Waals surface area contributed by atoms with E-state index in [1.807, 2.05) is 67.6 Å². The van der Waals surface area contributed by atoms with E-state index in [1.54, 1.807) is 18.2 Å². The number of benzene rings is 5. The number of furan rings is 1. The van der Waals surface area contributed by atoms with E-state index >= 15 is 0 Å². The number of aromatic nitrogens is 1. The Morgan fingerprint density at radius 3 is 2.42 bits per heavy atom. The van der Waals surface area contributed by atoms with Crippen molar-refractivity contribution in [3.63, 3.8) is 0 Å². The van der Waals surface area contributed by atoms with Crippen LogP contribution >= 0.6 is 0 Å². The van der Waals surface area contributed by atoms with Gasteiger partial charge in [0.2, 0.25) is 0 Å². The first-order valence-electron chi connectivity index (χ1n) is 21.1. The van der Waals surface area contributed by atoms with Crippen molar-refractivity contribution in [1.29, 1.82) is 0 Å². The summed E-state index contributed by atoms with van der Waals surface area (Å²) in [6, 6.07) is 42.2. The van der Waals surface area contributed by atoms with Crippen molar-refractivity contribution in [2.75, 3.05) is 0 Å². The molecule has 0 unspecified atom stereocenters. The number of pyridine rings is 1. The van der Waals surface area contributed by atoms with Gasteiger partial charge in [0.1, 0.15) is 5.58 Å². The van der Waals surface area contributed by atoms with Gasteiger partial charge in [-0.05, 0) is 65.2 Å². The summed E-state index contributed by atoms with van der Waals surface area (Å²) in [5, 5.41) is 11.7. The summed E-state index contributed by atoms with van der Waals surface area (Å²) in [6.45, 7) is -2.44. The SMILES string of the molecule is [2H]C([2H])([2H])c1ccc(-c2[c-]cc(C([2H])([2H])[2H])c(-c3ccccc3)c2)nc1.[2H]C1(c2ccc(C(=C/C=[N-])/C=C(\C)c3[c-]ccc4c3oc3ccccc34)cc2)CCCCC1.[Ir+3]. The van der Waals surface area contributed by atoms with Crippen LogP contribution in [0.25, 0.3) is 60.9 Å². The maximum absolute atomic E-state index is 9.56. The molecule has 2 aromatic heterocycles. The second kappa shape index (κ2) is 17.6. The molecule has 1 aliphatic carbocycles. The molecule has 3 nitrogen and oxygen atoms in total. The van der Waals surface area contributed by atoms with Crippen LogP contribution in [0.2, 0.25) is 0 Å². The number of allylic oxidation sites excluding steroid dienone is 4. The molecule has 264 valence electrons. The van der Waals surface area contributed by atoms with Gasteiger partial charge in [-0.1, -0.05) is 141 Å². The maximum atomic E-state index is 9.56. The Labute approximate surface area is 337 Å². The van der Waals surface area contributed by atoms with Crippen LogP contribution in [-0.4, -0.2) is 11.2 Å². The summed E-state index contributed by atoms with van der Waals surface area (Å²) in [5.41, 5.74) is 9.46. The van der Waals surface area contributed by atoms with Gasteiger partial charge in [0, 0.05) is 26.8 Å². The standard InChI is InChI=1S/C30H27NO.C19H16N.Ir/c1-21(26-11-7-12-28-27-10-5-6-13-29(27)32-30(26)28)20-25(18-19-31)24-16-14-23(15-17-24)22-8-3-2-4-9-22;1-14-8-11-19(20-13-14)17-10-9-15(2)18(12-17)16-6-4-3-5-7-16;/h5-7,10,12-20,22H,2-4,8-9H2,1H3;3-9,11-13H,1-2H3;/q-2;-1;+3/b21-20+,25-18+;;/i22D;1D3,2D3;. The van der Waals surface area contributed by atoms with Gasteiger partial charge in [-0.15, -0.1) is 58.7 Å². The van der Waals surface area contributed by atoms with Gasteiger partial charge in [-0.25, -0.2) is 0 Å². The van der Waals surface area contributed by atoms with E-state index in [0.717, 1.165) is 87.2 Å². The third-order valence-electron chi connectivity index (χ3n) is 9.52. The molecule has 4 heteroatoms. The first kappa shape index (κ1) is 29.3. The minimum atomic E-state index is -2.27. The fourth-order valence-corrected chi connectivity index (χ4v) is 6.81. The van der Waals surface area contributed by atoms with Crippen molar-refractivity contribution in [1.82, 2.24) is 4.98 Å². The first-order valence-corrected chi connectivity index (χ1v) is 17.6. The third-order valence-corrected chi connectivity index (χ3v) is 9.52. The summed E-state index contributed by atoms with van der Waals surface area (Å²) in [5.74, 6) is -0.471. The van der Waals surface area contributed by atoms with E-state index in [1.165, 1.54) is 24.8 Å². The molecule has 53 heavy (non-hydrogen) atoms. The zero-order valence-corrected chi connectivity index (χ0v) is 31.8. The summed E-state index contributed by atoms with van der Waals surface area (Å²) in [7, 11) is 0. The van der Waals surface area contributed by atoms with Crippen molar-refractivity contribution in [3.05, 3.63) is 179 Å². The molecule has 2 heterocycles. The van der Waals surface area contributed by atoms with Gasteiger partial charge in [0.15, 0.2) is 0 Å². The van der Waals surface area contributed by atoms with Crippen LogP contribution in [0.5, 0.6) is 0 Å². The molecule has 0 saturated heterocycles. The number of hydrogen-bond donors (Lipinski definition) is 0. The Kier molecular flexibility index (Phi) is 9.72. The largest absolute Gasteiger partial charge is 3.00 e. The second-order valence-corrected chi connectivity index (χ2v) is 13.0. The molecule has 1 saturated carbocycles. The number of hydrogen-bond acceptors (Lipinski definition) is 2. The van der Waals surface area contributed by atoms with Crippen molar-refractivity contribution in [3.8, 4) is 22.4 Å². The molecule has 0 radical (unpaired) electrons. The van der Waals surface area contributed by atoms with Crippen LogP contribution in [0.4, 0.5) is 0 Å². The first-order chi connectivity index (χ1) is 28.2. The van der Waals surface area contributed by atoms with E-state index in [-0.39, 0.29) is 31.2 Å². The molecule has 7 aromatic rings. The molecular weight excluding hydrogens is 825 g/mol. The third kappa shape index (κ3) is 8.74. The zero-order chi connectivity index (χ0) is 41.8. The van der Waals surface area contributed by atoms with E-state index in [0.29, 0.717) is 16.8 Å². The normalized spacial score (nSPS) is 16.7. The Hall–Kier alpha value is -5.15. The molecule has 1 fully saturated rings. The van der Waals surface area contributed by atoms with Crippen LogP contribution < -0.4 is 0 Å². The minimum absolute atomic E-state index is 0. The Balaban J connectivity index is 0.000000204. The van der Waals surface area contributed by atoms with Crippen LogP contribution in [0, 0.1) is 25.8 Å². The fourth-order valence-electron chi connectivity index (χ4n) is 6.81. The predicted molar refractivity (Wildman–Crippen MR) is 219 cm³/mol. The molecule has 0 N–H and O–H groups in total. The molecular formula is C49H43IrN2O. The average Bonchev–Trinajstić information content (AvgIpc) is 3.63. The van der Waals surface area contributed by atoms with Crippen molar-refractivity contribution in [2.24, 2.45) is 0 Å². The number of aryl methyl sites for hydroxylation is 2. The quantitative estimate of drug-likeness (QED) is 0.0910. The molecule has 1 aliphatic rings. The maximum Gasteiger partial charge on any atom is 3.00 e. The number of fused-ring (bicyclic) bond motifs is 3. The van der Waals surface area contributed by atoms with Gasteiger partial charge in [-0.3, -0.25) is 0 Å². The summed E-state index contributed by atoms with van der Waals surface area (Å²) >= 11 is 0. The second-order valence-electron chi connectivity index (χ2n) is 13.0. The van der Waals surface area contributed by atoms with Crippen molar-refractivity contribution < 1.29 is 34.1 Å². The topological polar surface area (TPSA) is 48.3 Å². The summed E-state index contributed by atoms with van der Waals surface area (Å²) < 4.78 is 60.6. The summed E-state index contributed by atoms with van der Waals surface area (Å²) in [6.07, 6.45) is 11.5. The molecule has 0 amide bonds. The van der Waals surface area contributed by atoms with Crippen LogP contribution in [0.1, 0.15) is 82.3 Å². The Bertz CT molecular complexity index is 2640. The molecule has 5 aromatic carbocycles. The monoisotopic (exact) mass is 875 g/mol. The molecule has 8 rings (SSSR count). The van der Waals surface area contributed by atoms with E-state index in [9.17, 15) is 5.41 Å². The predicted octanol–water partition coefficient (Wildman–Crippen LogP) is 13.4. The van der Waals surface area contributed by atoms with E-state index in [4.69, 9.17) is 14.0 Å². The minimum Gasteiger partial charge on any atom is -0.811 e. The molecule has 0 spiro atoms. The smallest absolute Gasteiger partial charge is 0.811 e. The van der Waals surface area contributed by atoms with Crippen LogP contribution in [0.15, 0.2) is 138 Å². The van der Waals surface area contributed by atoms with Crippen molar-refractivity contribution >= 4 is 39.3 Å².